The SMILES string of the molecule is COc1cccc(NC(=O)CN2CCC(C)CC2CN)c1.Cl. The van der Waals surface area contributed by atoms with Crippen molar-refractivity contribution in [2.75, 3.05) is 32.1 Å². The highest BCUT2D eigenvalue weighted by Gasteiger charge is 2.26. The van der Waals surface area contributed by atoms with Crippen LogP contribution in [0.3, 0.4) is 0 Å². The first-order valence-corrected chi connectivity index (χ1v) is 7.50. The van der Waals surface area contributed by atoms with Gasteiger partial charge in [-0.05, 0) is 37.4 Å². The number of nitrogens with two attached hydrogens (primary N) is 1. The molecule has 1 aliphatic rings. The monoisotopic (exact) mass is 327 g/mol. The minimum atomic E-state index is -0.00347. The first-order valence-electron chi connectivity index (χ1n) is 7.50. The summed E-state index contributed by atoms with van der Waals surface area (Å²) in [6, 6.07) is 7.70. The molecule has 1 fully saturated rings. The number of anilines is 1. The molecule has 124 valence electrons. The Morgan fingerprint density at radius 3 is 2.95 bits per heavy atom. The van der Waals surface area contributed by atoms with Crippen molar-refractivity contribution in [2.45, 2.75) is 25.8 Å². The van der Waals surface area contributed by atoms with Gasteiger partial charge in [-0.1, -0.05) is 13.0 Å². The van der Waals surface area contributed by atoms with E-state index in [0.717, 1.165) is 30.8 Å². The Morgan fingerprint density at radius 1 is 1.50 bits per heavy atom. The molecule has 6 heteroatoms. The summed E-state index contributed by atoms with van der Waals surface area (Å²) in [7, 11) is 1.61. The van der Waals surface area contributed by atoms with Crippen LogP contribution in [0, 0.1) is 5.92 Å². The number of halogens is 1. The van der Waals surface area contributed by atoms with Gasteiger partial charge in [-0.15, -0.1) is 12.4 Å². The van der Waals surface area contributed by atoms with Crippen molar-refractivity contribution in [3.05, 3.63) is 24.3 Å². The smallest absolute Gasteiger partial charge is 0.238 e. The molecule has 0 radical (unpaired) electrons. The molecule has 2 unspecified atom stereocenters. The quantitative estimate of drug-likeness (QED) is 0.869. The number of nitrogens with zero attached hydrogens (tertiary/aromatic N) is 1. The molecule has 2 rings (SSSR count). The summed E-state index contributed by atoms with van der Waals surface area (Å²) in [5.74, 6) is 1.42. The van der Waals surface area contributed by atoms with E-state index in [-0.39, 0.29) is 18.3 Å². The van der Waals surface area contributed by atoms with Crippen molar-refractivity contribution in [1.82, 2.24) is 4.90 Å². The summed E-state index contributed by atoms with van der Waals surface area (Å²) in [5, 5.41) is 2.92. The van der Waals surface area contributed by atoms with Crippen molar-refractivity contribution in [1.29, 1.82) is 0 Å². The normalized spacial score (nSPS) is 21.8. The lowest BCUT2D eigenvalue weighted by molar-refractivity contribution is -0.118. The number of carbonyl (C=O) groups excluding carboxylic acids is 1. The Kier molecular flexibility index (Phi) is 7.65. The van der Waals surface area contributed by atoms with E-state index in [0.29, 0.717) is 25.0 Å². The number of methoxy groups -OCH3 is 1. The van der Waals surface area contributed by atoms with E-state index in [1.807, 2.05) is 24.3 Å². The van der Waals surface area contributed by atoms with Crippen LogP contribution >= 0.6 is 12.4 Å². The van der Waals surface area contributed by atoms with Crippen molar-refractivity contribution in [2.24, 2.45) is 11.7 Å². The molecule has 1 aromatic carbocycles. The number of benzene rings is 1. The third kappa shape index (κ3) is 5.16. The van der Waals surface area contributed by atoms with E-state index >= 15 is 0 Å². The van der Waals surface area contributed by atoms with Crippen molar-refractivity contribution >= 4 is 24.0 Å². The molecule has 5 nitrogen and oxygen atoms in total. The standard InChI is InChI=1S/C16H25N3O2.ClH/c1-12-6-7-19(14(8-12)10-17)11-16(20)18-13-4-3-5-15(9-13)21-2;/h3-5,9,12,14H,6-8,10-11,17H2,1-2H3,(H,18,20);1H. The number of amides is 1. The Labute approximate surface area is 138 Å². The van der Waals surface area contributed by atoms with Gasteiger partial charge in [0.15, 0.2) is 0 Å². The van der Waals surface area contributed by atoms with Crippen LogP contribution in [0.4, 0.5) is 5.69 Å². The first-order chi connectivity index (χ1) is 10.1. The van der Waals surface area contributed by atoms with E-state index in [9.17, 15) is 4.79 Å². The maximum Gasteiger partial charge on any atom is 0.238 e. The zero-order valence-electron chi connectivity index (χ0n) is 13.2. The number of carbonyl (C=O) groups is 1. The number of rotatable bonds is 5. The topological polar surface area (TPSA) is 67.6 Å². The molecule has 1 aromatic rings. The van der Waals surface area contributed by atoms with Gasteiger partial charge in [0.05, 0.1) is 13.7 Å². The molecule has 0 saturated carbocycles. The van der Waals surface area contributed by atoms with Crippen LogP contribution in [0.25, 0.3) is 0 Å². The molecule has 1 saturated heterocycles. The molecule has 0 bridgehead atoms. The third-order valence-corrected chi connectivity index (χ3v) is 4.07. The minimum absolute atomic E-state index is 0. The predicted molar refractivity (Wildman–Crippen MR) is 91.7 cm³/mol. The zero-order valence-corrected chi connectivity index (χ0v) is 14.1. The summed E-state index contributed by atoms with van der Waals surface area (Å²) >= 11 is 0. The summed E-state index contributed by atoms with van der Waals surface area (Å²) in [5.41, 5.74) is 6.59. The number of nitrogens with one attached hydrogen (secondary N) is 1. The molecule has 3 N–H and O–H groups in total. The maximum absolute atomic E-state index is 12.2. The largest absolute Gasteiger partial charge is 0.497 e. The maximum atomic E-state index is 12.2. The van der Waals surface area contributed by atoms with E-state index in [1.54, 1.807) is 7.11 Å². The average molecular weight is 328 g/mol. The number of likely N-dealkylation sites (tertiary alicyclic amines) is 1. The van der Waals surface area contributed by atoms with Gasteiger partial charge in [0.1, 0.15) is 5.75 Å². The van der Waals surface area contributed by atoms with E-state index in [2.05, 4.69) is 17.1 Å². The molecular weight excluding hydrogens is 302 g/mol. The summed E-state index contributed by atoms with van der Waals surface area (Å²) in [6.45, 7) is 4.19. The van der Waals surface area contributed by atoms with Gasteiger partial charge in [-0.2, -0.15) is 0 Å². The molecular formula is C16H26ClN3O2. The highest BCUT2D eigenvalue weighted by Crippen LogP contribution is 2.22. The molecule has 1 heterocycles. The lowest BCUT2D eigenvalue weighted by Crippen LogP contribution is -2.49. The van der Waals surface area contributed by atoms with Crippen LogP contribution in [0.1, 0.15) is 19.8 Å². The Balaban J connectivity index is 0.00000242. The van der Waals surface area contributed by atoms with Crippen LogP contribution in [0.15, 0.2) is 24.3 Å². The molecule has 0 aromatic heterocycles. The van der Waals surface area contributed by atoms with Crippen LogP contribution < -0.4 is 15.8 Å². The Hall–Kier alpha value is -1.30. The number of piperidine rings is 1. The van der Waals surface area contributed by atoms with Crippen LogP contribution in [-0.4, -0.2) is 43.6 Å². The molecule has 2 atom stereocenters. The highest BCUT2D eigenvalue weighted by atomic mass is 35.5. The van der Waals surface area contributed by atoms with Crippen LogP contribution in [0.2, 0.25) is 0 Å². The summed E-state index contributed by atoms with van der Waals surface area (Å²) in [4.78, 5) is 14.4. The van der Waals surface area contributed by atoms with Gasteiger partial charge < -0.3 is 15.8 Å². The Bertz CT molecular complexity index is 484. The van der Waals surface area contributed by atoms with E-state index in [1.165, 1.54) is 0 Å². The minimum Gasteiger partial charge on any atom is -0.497 e. The second-order valence-electron chi connectivity index (χ2n) is 5.77. The average Bonchev–Trinajstić information content (AvgIpc) is 2.49. The van der Waals surface area contributed by atoms with Crippen molar-refractivity contribution in [3.8, 4) is 5.75 Å². The second-order valence-corrected chi connectivity index (χ2v) is 5.77. The van der Waals surface area contributed by atoms with Gasteiger partial charge in [0.2, 0.25) is 5.91 Å². The molecule has 1 aliphatic heterocycles. The fourth-order valence-corrected chi connectivity index (χ4v) is 2.84. The number of hydrogen-bond donors (Lipinski definition) is 2. The summed E-state index contributed by atoms with van der Waals surface area (Å²) in [6.07, 6.45) is 2.20. The molecule has 0 spiro atoms. The van der Waals surface area contributed by atoms with E-state index < -0.39 is 0 Å². The third-order valence-electron chi connectivity index (χ3n) is 4.07. The predicted octanol–water partition coefficient (Wildman–Crippen LogP) is 2.11. The van der Waals surface area contributed by atoms with Gasteiger partial charge in [-0.25, -0.2) is 0 Å². The van der Waals surface area contributed by atoms with Gasteiger partial charge in [0.25, 0.3) is 0 Å². The lowest BCUT2D eigenvalue weighted by Gasteiger charge is -2.37. The second kappa shape index (κ2) is 8.98. The molecule has 1 amide bonds. The fourth-order valence-electron chi connectivity index (χ4n) is 2.84. The van der Waals surface area contributed by atoms with Crippen molar-refractivity contribution < 1.29 is 9.53 Å². The van der Waals surface area contributed by atoms with E-state index in [4.69, 9.17) is 10.5 Å². The van der Waals surface area contributed by atoms with Gasteiger partial charge in [-0.3, -0.25) is 9.69 Å². The van der Waals surface area contributed by atoms with Gasteiger partial charge >= 0.3 is 0 Å². The number of hydrogen-bond acceptors (Lipinski definition) is 4. The van der Waals surface area contributed by atoms with Gasteiger partial charge in [0, 0.05) is 24.3 Å². The van der Waals surface area contributed by atoms with Crippen molar-refractivity contribution in [3.63, 3.8) is 0 Å². The first kappa shape index (κ1) is 18.7. The highest BCUT2D eigenvalue weighted by molar-refractivity contribution is 5.92. The lowest BCUT2D eigenvalue weighted by atomic mass is 9.92. The summed E-state index contributed by atoms with van der Waals surface area (Å²) < 4.78 is 5.15. The Morgan fingerprint density at radius 2 is 2.27 bits per heavy atom. The molecule has 0 aliphatic carbocycles. The number of ether oxygens (including phenoxy) is 1. The van der Waals surface area contributed by atoms with Crippen LogP contribution in [-0.2, 0) is 4.79 Å². The fraction of sp³-hybridized carbons (Fsp3) is 0.562. The molecule has 22 heavy (non-hydrogen) atoms. The van der Waals surface area contributed by atoms with Crippen LogP contribution in [0.5, 0.6) is 5.75 Å². The zero-order chi connectivity index (χ0) is 15.2.